The Balaban J connectivity index is 1.84. The third kappa shape index (κ3) is 3.99. The fraction of sp³-hybridized carbons (Fsp3) is 0.300. The lowest BCUT2D eigenvalue weighted by Crippen LogP contribution is -2.37. The molecule has 1 aliphatic rings. The van der Waals surface area contributed by atoms with E-state index in [1.807, 2.05) is 43.3 Å². The van der Waals surface area contributed by atoms with Crippen LogP contribution in [-0.2, 0) is 16.0 Å². The molecule has 2 amide bonds. The molecule has 2 aromatic carbocycles. The Labute approximate surface area is 147 Å². The van der Waals surface area contributed by atoms with Crippen LogP contribution >= 0.6 is 0 Å². The molecule has 0 saturated carbocycles. The maximum Gasteiger partial charge on any atom is 0.227 e. The van der Waals surface area contributed by atoms with Crippen molar-refractivity contribution in [2.24, 2.45) is 0 Å². The van der Waals surface area contributed by atoms with Gasteiger partial charge in [0, 0.05) is 13.1 Å². The van der Waals surface area contributed by atoms with Gasteiger partial charge in [0.15, 0.2) is 0 Å². The topological polar surface area (TPSA) is 69.6 Å². The van der Waals surface area contributed by atoms with Gasteiger partial charge in [-0.25, -0.2) is 0 Å². The van der Waals surface area contributed by atoms with E-state index < -0.39 is 0 Å². The van der Waals surface area contributed by atoms with Crippen LogP contribution in [-0.4, -0.2) is 34.9 Å². The maximum absolute atomic E-state index is 12.9. The molecule has 5 heteroatoms. The lowest BCUT2D eigenvalue weighted by atomic mass is 10.0. The monoisotopic (exact) mass is 338 g/mol. The van der Waals surface area contributed by atoms with Gasteiger partial charge in [0.1, 0.15) is 5.75 Å². The van der Waals surface area contributed by atoms with Gasteiger partial charge in [-0.15, -0.1) is 0 Å². The number of benzene rings is 2. The van der Waals surface area contributed by atoms with Crippen LogP contribution in [0.3, 0.4) is 0 Å². The highest BCUT2D eigenvalue weighted by molar-refractivity contribution is 5.82. The number of amides is 2. The van der Waals surface area contributed by atoms with E-state index in [2.05, 4.69) is 5.32 Å². The number of phenolic OH excluding ortho intramolecular Hbond substituents is 1. The van der Waals surface area contributed by atoms with Gasteiger partial charge in [0.05, 0.1) is 18.9 Å². The van der Waals surface area contributed by atoms with Crippen LogP contribution in [0.15, 0.2) is 48.5 Å². The largest absolute Gasteiger partial charge is 0.508 e. The predicted octanol–water partition coefficient (Wildman–Crippen LogP) is 2.33. The summed E-state index contributed by atoms with van der Waals surface area (Å²) < 4.78 is 0. The van der Waals surface area contributed by atoms with Crippen LogP contribution in [0.5, 0.6) is 5.75 Å². The minimum Gasteiger partial charge on any atom is -0.508 e. The van der Waals surface area contributed by atoms with Crippen LogP contribution in [0, 0.1) is 6.92 Å². The Morgan fingerprint density at radius 2 is 2.00 bits per heavy atom. The molecule has 0 unspecified atom stereocenters. The van der Waals surface area contributed by atoms with Crippen molar-refractivity contribution in [1.82, 2.24) is 10.2 Å². The summed E-state index contributed by atoms with van der Waals surface area (Å²) in [6, 6.07) is 14.7. The first kappa shape index (κ1) is 17.0. The van der Waals surface area contributed by atoms with Gasteiger partial charge in [-0.1, -0.05) is 42.5 Å². The van der Waals surface area contributed by atoms with E-state index in [0.29, 0.717) is 13.1 Å². The number of aryl methyl sites for hydroxylation is 1. The maximum atomic E-state index is 12.9. The summed E-state index contributed by atoms with van der Waals surface area (Å²) in [6.07, 6.45) is 0.459. The van der Waals surface area contributed by atoms with Crippen LogP contribution in [0.1, 0.15) is 29.2 Å². The Morgan fingerprint density at radius 3 is 2.72 bits per heavy atom. The van der Waals surface area contributed by atoms with Gasteiger partial charge < -0.3 is 15.3 Å². The minimum absolute atomic E-state index is 0.0443. The van der Waals surface area contributed by atoms with Crippen molar-refractivity contribution in [1.29, 1.82) is 0 Å². The molecule has 0 aliphatic carbocycles. The molecular formula is C20H22N2O3. The average molecular weight is 338 g/mol. The van der Waals surface area contributed by atoms with Crippen molar-refractivity contribution >= 4 is 11.8 Å². The van der Waals surface area contributed by atoms with E-state index in [-0.39, 0.29) is 36.4 Å². The molecule has 1 atom stereocenters. The lowest BCUT2D eigenvalue weighted by molar-refractivity contribution is -0.133. The second-order valence-electron chi connectivity index (χ2n) is 6.37. The Morgan fingerprint density at radius 1 is 1.24 bits per heavy atom. The first-order valence-electron chi connectivity index (χ1n) is 8.44. The SMILES string of the molecule is Cc1ccc(CC(=O)N2CCNC(=O)C[C@H]2c2ccccc2)cc1O. The van der Waals surface area contributed by atoms with Crippen molar-refractivity contribution in [2.45, 2.75) is 25.8 Å². The third-order valence-electron chi connectivity index (χ3n) is 4.56. The smallest absolute Gasteiger partial charge is 0.227 e. The summed E-state index contributed by atoms with van der Waals surface area (Å²) in [7, 11) is 0. The van der Waals surface area contributed by atoms with Crippen LogP contribution in [0.2, 0.25) is 0 Å². The molecular weight excluding hydrogens is 316 g/mol. The standard InChI is InChI=1S/C20H22N2O3/c1-14-7-8-15(11-18(14)23)12-20(25)22-10-9-21-19(24)13-17(22)16-5-3-2-4-6-16/h2-8,11,17,23H,9-10,12-13H2,1H3,(H,21,24)/t17-/m0/s1. The number of rotatable bonds is 3. The summed E-state index contributed by atoms with van der Waals surface area (Å²) in [5.74, 6) is 0.100. The zero-order valence-electron chi connectivity index (χ0n) is 14.2. The second-order valence-corrected chi connectivity index (χ2v) is 6.37. The molecule has 2 aromatic rings. The average Bonchev–Trinajstić information content (AvgIpc) is 2.80. The Hall–Kier alpha value is -2.82. The number of hydrogen-bond donors (Lipinski definition) is 2. The zero-order valence-corrected chi connectivity index (χ0v) is 14.2. The fourth-order valence-corrected chi connectivity index (χ4v) is 3.14. The molecule has 2 N–H and O–H groups in total. The molecule has 5 nitrogen and oxygen atoms in total. The van der Waals surface area contributed by atoms with E-state index >= 15 is 0 Å². The Bertz CT molecular complexity index is 774. The number of nitrogens with one attached hydrogen (secondary N) is 1. The van der Waals surface area contributed by atoms with Crippen molar-refractivity contribution in [3.63, 3.8) is 0 Å². The number of nitrogens with zero attached hydrogens (tertiary/aromatic N) is 1. The number of carbonyl (C=O) groups excluding carboxylic acids is 2. The lowest BCUT2D eigenvalue weighted by Gasteiger charge is -2.29. The van der Waals surface area contributed by atoms with E-state index in [1.165, 1.54) is 0 Å². The zero-order chi connectivity index (χ0) is 17.8. The van der Waals surface area contributed by atoms with Gasteiger partial charge in [-0.2, -0.15) is 0 Å². The molecule has 0 bridgehead atoms. The summed E-state index contributed by atoms with van der Waals surface area (Å²) in [4.78, 5) is 26.7. The van der Waals surface area contributed by atoms with E-state index in [0.717, 1.165) is 16.7 Å². The second kappa shape index (κ2) is 7.38. The van der Waals surface area contributed by atoms with Crippen molar-refractivity contribution < 1.29 is 14.7 Å². The molecule has 1 aliphatic heterocycles. The molecule has 130 valence electrons. The third-order valence-corrected chi connectivity index (χ3v) is 4.56. The molecule has 1 saturated heterocycles. The highest BCUT2D eigenvalue weighted by Gasteiger charge is 2.29. The van der Waals surface area contributed by atoms with Gasteiger partial charge in [0.2, 0.25) is 11.8 Å². The quantitative estimate of drug-likeness (QED) is 0.902. The molecule has 0 aromatic heterocycles. The van der Waals surface area contributed by atoms with E-state index in [4.69, 9.17) is 0 Å². The predicted molar refractivity (Wildman–Crippen MR) is 95.1 cm³/mol. The van der Waals surface area contributed by atoms with Crippen molar-refractivity contribution in [2.75, 3.05) is 13.1 Å². The summed E-state index contributed by atoms with van der Waals surface area (Å²) >= 11 is 0. The summed E-state index contributed by atoms with van der Waals surface area (Å²) in [5, 5.41) is 12.7. The molecule has 3 rings (SSSR count). The molecule has 1 heterocycles. The van der Waals surface area contributed by atoms with Crippen molar-refractivity contribution in [3.05, 3.63) is 65.2 Å². The van der Waals surface area contributed by atoms with Crippen LogP contribution in [0.4, 0.5) is 0 Å². The highest BCUT2D eigenvalue weighted by atomic mass is 16.3. The molecule has 0 radical (unpaired) electrons. The van der Waals surface area contributed by atoms with E-state index in [9.17, 15) is 14.7 Å². The first-order valence-corrected chi connectivity index (χ1v) is 8.44. The number of carbonyl (C=O) groups is 2. The summed E-state index contributed by atoms with van der Waals surface area (Å²) in [6.45, 7) is 2.74. The van der Waals surface area contributed by atoms with Gasteiger partial charge in [0.25, 0.3) is 0 Å². The first-order chi connectivity index (χ1) is 12.0. The van der Waals surface area contributed by atoms with Crippen LogP contribution in [0.25, 0.3) is 0 Å². The normalized spacial score (nSPS) is 17.7. The van der Waals surface area contributed by atoms with Crippen molar-refractivity contribution in [3.8, 4) is 5.75 Å². The van der Waals surface area contributed by atoms with Gasteiger partial charge in [-0.05, 0) is 29.7 Å². The molecule has 1 fully saturated rings. The van der Waals surface area contributed by atoms with E-state index in [1.54, 1.807) is 17.0 Å². The fourth-order valence-electron chi connectivity index (χ4n) is 3.14. The number of hydrogen-bond acceptors (Lipinski definition) is 3. The minimum atomic E-state index is -0.268. The number of phenols is 1. The van der Waals surface area contributed by atoms with Gasteiger partial charge >= 0.3 is 0 Å². The van der Waals surface area contributed by atoms with Crippen LogP contribution < -0.4 is 5.32 Å². The highest BCUT2D eigenvalue weighted by Crippen LogP contribution is 2.27. The summed E-state index contributed by atoms with van der Waals surface area (Å²) in [5.41, 5.74) is 2.51. The molecule has 0 spiro atoms. The number of aromatic hydroxyl groups is 1. The van der Waals surface area contributed by atoms with Gasteiger partial charge in [-0.3, -0.25) is 9.59 Å². The Kier molecular flexibility index (Phi) is 5.03. The molecule has 25 heavy (non-hydrogen) atoms.